The molecular weight excluding hydrogens is 273 g/mol. The fraction of sp³-hybridized carbons (Fsp3) is 0.333. The molecule has 0 bridgehead atoms. The van der Waals surface area contributed by atoms with Gasteiger partial charge in [0.2, 0.25) is 5.91 Å². The number of aromatic amines is 1. The highest BCUT2D eigenvalue weighted by molar-refractivity contribution is 5.91. The first-order chi connectivity index (χ1) is 10.1. The topological polar surface area (TPSA) is 67.0 Å². The van der Waals surface area contributed by atoms with Crippen LogP contribution in [0.2, 0.25) is 0 Å². The Morgan fingerprint density at radius 2 is 2.24 bits per heavy atom. The number of hydrogen-bond acceptors (Lipinski definition) is 3. The second kappa shape index (κ2) is 6.88. The van der Waals surface area contributed by atoms with E-state index in [2.05, 4.69) is 22.4 Å². The summed E-state index contributed by atoms with van der Waals surface area (Å²) in [6, 6.07) is 6.27. The van der Waals surface area contributed by atoms with Crippen molar-refractivity contribution >= 4 is 11.7 Å². The number of carbonyl (C=O) groups is 1. The number of halogens is 1. The molecular formula is C15H18FN3O2. The number of ether oxygens (including phenoxy) is 1. The van der Waals surface area contributed by atoms with Crippen LogP contribution in [0.25, 0.3) is 0 Å². The van der Waals surface area contributed by atoms with Crippen LogP contribution in [0, 0.1) is 5.82 Å². The quantitative estimate of drug-likeness (QED) is 0.860. The number of carbonyl (C=O) groups excluding carboxylic acids is 1. The minimum absolute atomic E-state index is 0.0802. The van der Waals surface area contributed by atoms with Crippen LogP contribution < -0.4 is 10.1 Å². The SMILES string of the molecule is CCCc1cc(NC(=O)Cc2ccc(OC)c(F)c2)n[nH]1. The molecule has 0 fully saturated rings. The first kappa shape index (κ1) is 15.0. The van der Waals surface area contributed by atoms with E-state index in [9.17, 15) is 9.18 Å². The third-order valence-corrected chi connectivity index (χ3v) is 3.00. The van der Waals surface area contributed by atoms with Gasteiger partial charge in [-0.25, -0.2) is 4.39 Å². The van der Waals surface area contributed by atoms with Gasteiger partial charge in [0.25, 0.3) is 0 Å². The highest BCUT2D eigenvalue weighted by Crippen LogP contribution is 2.18. The maximum atomic E-state index is 13.5. The molecule has 6 heteroatoms. The summed E-state index contributed by atoms with van der Waals surface area (Å²) >= 11 is 0. The lowest BCUT2D eigenvalue weighted by Crippen LogP contribution is -2.14. The highest BCUT2D eigenvalue weighted by atomic mass is 19.1. The number of aromatic nitrogens is 2. The van der Waals surface area contributed by atoms with E-state index >= 15 is 0 Å². The van der Waals surface area contributed by atoms with E-state index in [1.54, 1.807) is 12.1 Å². The molecule has 0 aliphatic carbocycles. The van der Waals surface area contributed by atoms with Crippen molar-refractivity contribution in [2.45, 2.75) is 26.2 Å². The van der Waals surface area contributed by atoms with Crippen LogP contribution in [0.3, 0.4) is 0 Å². The number of aryl methyl sites for hydroxylation is 1. The number of amides is 1. The van der Waals surface area contributed by atoms with E-state index in [1.807, 2.05) is 0 Å². The number of methoxy groups -OCH3 is 1. The third-order valence-electron chi connectivity index (χ3n) is 3.00. The number of nitrogens with one attached hydrogen (secondary N) is 2. The summed E-state index contributed by atoms with van der Waals surface area (Å²) in [5, 5.41) is 9.55. The van der Waals surface area contributed by atoms with E-state index in [1.165, 1.54) is 19.2 Å². The molecule has 0 radical (unpaired) electrons. The zero-order chi connectivity index (χ0) is 15.2. The number of H-pyrrole nitrogens is 1. The molecule has 0 aliphatic heterocycles. The molecule has 0 spiro atoms. The normalized spacial score (nSPS) is 10.4. The van der Waals surface area contributed by atoms with Crippen LogP contribution in [-0.4, -0.2) is 23.2 Å². The molecule has 0 saturated heterocycles. The Labute approximate surface area is 122 Å². The Morgan fingerprint density at radius 1 is 1.43 bits per heavy atom. The first-order valence-electron chi connectivity index (χ1n) is 6.79. The van der Waals surface area contributed by atoms with E-state index in [0.717, 1.165) is 18.5 Å². The predicted molar refractivity (Wildman–Crippen MR) is 77.9 cm³/mol. The lowest BCUT2D eigenvalue weighted by atomic mass is 10.1. The van der Waals surface area contributed by atoms with Crippen molar-refractivity contribution in [1.29, 1.82) is 0 Å². The van der Waals surface area contributed by atoms with Gasteiger partial charge < -0.3 is 10.1 Å². The Hall–Kier alpha value is -2.37. The molecule has 1 amide bonds. The molecule has 2 rings (SSSR count). The Balaban J connectivity index is 1.96. The number of nitrogens with zero attached hydrogens (tertiary/aromatic N) is 1. The maximum Gasteiger partial charge on any atom is 0.229 e. The number of rotatable bonds is 6. The molecule has 0 atom stereocenters. The van der Waals surface area contributed by atoms with Gasteiger partial charge in [0.1, 0.15) is 0 Å². The molecule has 5 nitrogen and oxygen atoms in total. The second-order valence-corrected chi connectivity index (χ2v) is 4.72. The molecule has 0 aliphatic rings. The molecule has 21 heavy (non-hydrogen) atoms. The summed E-state index contributed by atoms with van der Waals surface area (Å²) in [4.78, 5) is 11.9. The van der Waals surface area contributed by atoms with Crippen LogP contribution in [0.15, 0.2) is 24.3 Å². The second-order valence-electron chi connectivity index (χ2n) is 4.72. The summed E-state index contributed by atoms with van der Waals surface area (Å²) in [5.74, 6) is -0.0741. The Bertz CT molecular complexity index is 625. The van der Waals surface area contributed by atoms with Crippen LogP contribution in [-0.2, 0) is 17.6 Å². The Kier molecular flexibility index (Phi) is 4.92. The summed E-state index contributed by atoms with van der Waals surface area (Å²) in [6.45, 7) is 2.07. The lowest BCUT2D eigenvalue weighted by molar-refractivity contribution is -0.115. The van der Waals surface area contributed by atoms with Crippen molar-refractivity contribution in [3.8, 4) is 5.75 Å². The smallest absolute Gasteiger partial charge is 0.229 e. The molecule has 112 valence electrons. The van der Waals surface area contributed by atoms with Gasteiger partial charge in [-0.3, -0.25) is 9.89 Å². The minimum atomic E-state index is -0.479. The van der Waals surface area contributed by atoms with Gasteiger partial charge in [-0.05, 0) is 24.1 Å². The number of anilines is 1. The zero-order valence-corrected chi connectivity index (χ0v) is 12.1. The van der Waals surface area contributed by atoms with Gasteiger partial charge in [-0.15, -0.1) is 0 Å². The van der Waals surface area contributed by atoms with Crippen molar-refractivity contribution in [3.05, 3.63) is 41.3 Å². The molecule has 1 aromatic heterocycles. The van der Waals surface area contributed by atoms with E-state index in [-0.39, 0.29) is 18.1 Å². The van der Waals surface area contributed by atoms with E-state index in [4.69, 9.17) is 4.74 Å². The zero-order valence-electron chi connectivity index (χ0n) is 12.1. The van der Waals surface area contributed by atoms with Crippen molar-refractivity contribution < 1.29 is 13.9 Å². The molecule has 2 N–H and O–H groups in total. The molecule has 2 aromatic rings. The van der Waals surface area contributed by atoms with Gasteiger partial charge in [0.15, 0.2) is 17.4 Å². The van der Waals surface area contributed by atoms with Crippen molar-refractivity contribution in [1.82, 2.24) is 10.2 Å². The molecule has 0 unspecified atom stereocenters. The first-order valence-corrected chi connectivity index (χ1v) is 6.79. The highest BCUT2D eigenvalue weighted by Gasteiger charge is 2.09. The summed E-state index contributed by atoms with van der Waals surface area (Å²) in [6.07, 6.45) is 1.96. The third kappa shape index (κ3) is 4.05. The van der Waals surface area contributed by atoms with Crippen LogP contribution in [0.1, 0.15) is 24.6 Å². The predicted octanol–water partition coefficient (Wildman–Crippen LogP) is 2.69. The standard InChI is InChI=1S/C15H18FN3O2/c1-3-4-11-9-14(19-18-11)17-15(20)8-10-5-6-13(21-2)12(16)7-10/h5-7,9H,3-4,8H2,1-2H3,(H2,17,18,19,20). The largest absolute Gasteiger partial charge is 0.494 e. The van der Waals surface area contributed by atoms with Crippen molar-refractivity contribution in [3.63, 3.8) is 0 Å². The monoisotopic (exact) mass is 291 g/mol. The molecule has 1 aromatic carbocycles. The van der Waals surface area contributed by atoms with Gasteiger partial charge in [-0.2, -0.15) is 5.10 Å². The van der Waals surface area contributed by atoms with Gasteiger partial charge >= 0.3 is 0 Å². The molecule has 0 saturated carbocycles. The van der Waals surface area contributed by atoms with Crippen molar-refractivity contribution in [2.24, 2.45) is 0 Å². The van der Waals surface area contributed by atoms with E-state index < -0.39 is 5.82 Å². The summed E-state index contributed by atoms with van der Waals surface area (Å²) in [5.41, 5.74) is 1.55. The van der Waals surface area contributed by atoms with Crippen LogP contribution in [0.4, 0.5) is 10.2 Å². The lowest BCUT2D eigenvalue weighted by Gasteiger charge is -2.05. The van der Waals surface area contributed by atoms with Gasteiger partial charge in [-0.1, -0.05) is 19.4 Å². The number of hydrogen-bond donors (Lipinski definition) is 2. The van der Waals surface area contributed by atoms with Gasteiger partial charge in [0, 0.05) is 11.8 Å². The van der Waals surface area contributed by atoms with Crippen molar-refractivity contribution in [2.75, 3.05) is 12.4 Å². The minimum Gasteiger partial charge on any atom is -0.494 e. The van der Waals surface area contributed by atoms with Crippen LogP contribution >= 0.6 is 0 Å². The molecule has 1 heterocycles. The van der Waals surface area contributed by atoms with Crippen LogP contribution in [0.5, 0.6) is 5.75 Å². The van der Waals surface area contributed by atoms with E-state index in [0.29, 0.717) is 11.4 Å². The average Bonchev–Trinajstić information content (AvgIpc) is 2.86. The number of benzene rings is 1. The summed E-state index contributed by atoms with van der Waals surface area (Å²) < 4.78 is 18.4. The maximum absolute atomic E-state index is 13.5. The average molecular weight is 291 g/mol. The Morgan fingerprint density at radius 3 is 2.90 bits per heavy atom. The fourth-order valence-corrected chi connectivity index (χ4v) is 2.02. The summed E-state index contributed by atoms with van der Waals surface area (Å²) in [7, 11) is 1.40. The fourth-order valence-electron chi connectivity index (χ4n) is 2.02. The van der Waals surface area contributed by atoms with Gasteiger partial charge in [0.05, 0.1) is 13.5 Å².